The summed E-state index contributed by atoms with van der Waals surface area (Å²) in [6.45, 7) is 13.8. The molecule has 6 heteroatoms. The van der Waals surface area contributed by atoms with E-state index in [0.29, 0.717) is 18.5 Å². The highest BCUT2D eigenvalue weighted by molar-refractivity contribution is 5.89. The van der Waals surface area contributed by atoms with Crippen LogP contribution in [0.3, 0.4) is 0 Å². The van der Waals surface area contributed by atoms with Gasteiger partial charge in [-0.3, -0.25) is 0 Å². The minimum Gasteiger partial charge on any atom is -0.357 e. The Hall–Kier alpha value is -2.24. The first-order valence-electron chi connectivity index (χ1n) is 9.03. The molecule has 1 unspecified atom stereocenters. The monoisotopic (exact) mass is 347 g/mol. The van der Waals surface area contributed by atoms with Crippen molar-refractivity contribution in [2.24, 2.45) is 10.9 Å². The van der Waals surface area contributed by atoms with Crippen molar-refractivity contribution < 1.29 is 4.79 Å². The summed E-state index contributed by atoms with van der Waals surface area (Å²) in [5.74, 6) is 1.36. The van der Waals surface area contributed by atoms with Gasteiger partial charge in [-0.15, -0.1) is 0 Å². The molecule has 0 spiro atoms. The van der Waals surface area contributed by atoms with Crippen molar-refractivity contribution in [2.75, 3.05) is 11.9 Å². The van der Waals surface area contributed by atoms with Gasteiger partial charge in [0.2, 0.25) is 0 Å². The number of carbonyl (C=O) groups excluding carboxylic acids is 1. The summed E-state index contributed by atoms with van der Waals surface area (Å²) < 4.78 is 0. The summed E-state index contributed by atoms with van der Waals surface area (Å²) in [6.07, 6.45) is 0. The van der Waals surface area contributed by atoms with E-state index >= 15 is 0 Å². The van der Waals surface area contributed by atoms with E-state index in [0.717, 1.165) is 23.8 Å². The Balaban J connectivity index is 2.64. The Kier molecular flexibility index (Phi) is 8.81. The molecule has 25 heavy (non-hydrogen) atoms. The van der Waals surface area contributed by atoms with Gasteiger partial charge in [0.05, 0.1) is 6.54 Å². The Morgan fingerprint density at radius 1 is 1.04 bits per heavy atom. The average Bonchev–Trinajstić information content (AvgIpc) is 2.53. The van der Waals surface area contributed by atoms with Gasteiger partial charge in [-0.2, -0.15) is 0 Å². The number of benzene rings is 1. The lowest BCUT2D eigenvalue weighted by Crippen LogP contribution is -2.44. The van der Waals surface area contributed by atoms with Crippen molar-refractivity contribution in [3.8, 4) is 0 Å². The van der Waals surface area contributed by atoms with Gasteiger partial charge in [-0.25, -0.2) is 9.79 Å². The molecule has 0 heterocycles. The third-order valence-corrected chi connectivity index (χ3v) is 3.76. The summed E-state index contributed by atoms with van der Waals surface area (Å²) in [7, 11) is 0. The molecule has 0 aliphatic heterocycles. The van der Waals surface area contributed by atoms with Crippen molar-refractivity contribution in [1.29, 1.82) is 0 Å². The van der Waals surface area contributed by atoms with Gasteiger partial charge in [-0.05, 0) is 51.3 Å². The second-order valence-electron chi connectivity index (χ2n) is 6.82. The maximum Gasteiger partial charge on any atom is 0.319 e. The largest absolute Gasteiger partial charge is 0.357 e. The predicted octanol–water partition coefficient (Wildman–Crippen LogP) is 3.32. The molecule has 0 aromatic heterocycles. The quantitative estimate of drug-likeness (QED) is 0.451. The molecule has 2 amide bonds. The summed E-state index contributed by atoms with van der Waals surface area (Å²) in [6, 6.07) is 8.00. The number of carbonyl (C=O) groups is 1. The summed E-state index contributed by atoms with van der Waals surface area (Å²) >= 11 is 0. The zero-order valence-electron chi connectivity index (χ0n) is 16.3. The number of hydrogen-bond donors (Lipinski definition) is 4. The predicted molar refractivity (Wildman–Crippen MR) is 106 cm³/mol. The highest BCUT2D eigenvalue weighted by Crippen LogP contribution is 2.10. The lowest BCUT2D eigenvalue weighted by atomic mass is 10.1. The minimum absolute atomic E-state index is 0.110. The fraction of sp³-hybridized carbons (Fsp3) is 0.579. The van der Waals surface area contributed by atoms with Gasteiger partial charge < -0.3 is 21.3 Å². The van der Waals surface area contributed by atoms with Crippen LogP contribution in [0.25, 0.3) is 0 Å². The van der Waals surface area contributed by atoms with E-state index in [1.54, 1.807) is 0 Å². The van der Waals surface area contributed by atoms with E-state index in [2.05, 4.69) is 54.0 Å². The van der Waals surface area contributed by atoms with Crippen LogP contribution in [0.2, 0.25) is 0 Å². The number of nitrogens with one attached hydrogen (secondary N) is 4. The number of anilines is 1. The minimum atomic E-state index is -0.193. The molecule has 1 aromatic carbocycles. The smallest absolute Gasteiger partial charge is 0.319 e. The first kappa shape index (κ1) is 20.8. The van der Waals surface area contributed by atoms with E-state index in [9.17, 15) is 4.79 Å². The molecule has 4 N–H and O–H groups in total. The molecule has 0 saturated carbocycles. The maximum atomic E-state index is 11.7. The molecule has 1 atom stereocenters. The van der Waals surface area contributed by atoms with Crippen LogP contribution >= 0.6 is 0 Å². The Labute approximate surface area is 151 Å². The average molecular weight is 348 g/mol. The molecule has 0 saturated heterocycles. The standard InChI is InChI=1S/C19H33N5O/c1-7-20-18(23-15(6)13(2)3)21-12-16-8-10-17(11-9-16)24-19(25)22-14(4)5/h8-11,13-15H,7,12H2,1-6H3,(H2,20,21,23)(H2,22,24,25). The van der Waals surface area contributed by atoms with Crippen LogP contribution in [-0.2, 0) is 6.54 Å². The number of rotatable bonds is 7. The van der Waals surface area contributed by atoms with Crippen molar-refractivity contribution in [3.05, 3.63) is 29.8 Å². The summed E-state index contributed by atoms with van der Waals surface area (Å²) in [4.78, 5) is 16.3. The zero-order chi connectivity index (χ0) is 18.8. The van der Waals surface area contributed by atoms with E-state index < -0.39 is 0 Å². The van der Waals surface area contributed by atoms with E-state index in [1.807, 2.05) is 38.1 Å². The molecule has 0 radical (unpaired) electrons. The molecular formula is C19H33N5O. The first-order valence-corrected chi connectivity index (χ1v) is 9.03. The fourth-order valence-electron chi connectivity index (χ4n) is 2.00. The van der Waals surface area contributed by atoms with Crippen LogP contribution in [-0.4, -0.2) is 30.6 Å². The van der Waals surface area contributed by atoms with Crippen LogP contribution in [0.5, 0.6) is 0 Å². The zero-order valence-corrected chi connectivity index (χ0v) is 16.3. The number of nitrogens with zero attached hydrogens (tertiary/aromatic N) is 1. The molecule has 6 nitrogen and oxygen atoms in total. The molecule has 140 valence electrons. The maximum absolute atomic E-state index is 11.7. The highest BCUT2D eigenvalue weighted by atomic mass is 16.2. The second-order valence-corrected chi connectivity index (χ2v) is 6.82. The molecule has 1 aromatic rings. The molecule has 0 fully saturated rings. The van der Waals surface area contributed by atoms with Crippen LogP contribution in [0.15, 0.2) is 29.3 Å². The topological polar surface area (TPSA) is 77.5 Å². The third kappa shape index (κ3) is 8.42. The number of urea groups is 1. The highest BCUT2D eigenvalue weighted by Gasteiger charge is 2.08. The van der Waals surface area contributed by atoms with E-state index in [4.69, 9.17) is 0 Å². The van der Waals surface area contributed by atoms with Crippen molar-refractivity contribution in [1.82, 2.24) is 16.0 Å². The van der Waals surface area contributed by atoms with Gasteiger partial charge >= 0.3 is 6.03 Å². The molecule has 1 rings (SSSR count). The normalized spacial score (nSPS) is 12.9. The van der Waals surface area contributed by atoms with Gasteiger partial charge in [-0.1, -0.05) is 26.0 Å². The van der Waals surface area contributed by atoms with Gasteiger partial charge in [0.25, 0.3) is 0 Å². The van der Waals surface area contributed by atoms with Crippen molar-refractivity contribution in [2.45, 2.75) is 60.2 Å². The number of hydrogen-bond acceptors (Lipinski definition) is 2. The van der Waals surface area contributed by atoms with Crippen LogP contribution in [0.1, 0.15) is 47.1 Å². The Morgan fingerprint density at radius 2 is 1.68 bits per heavy atom. The molecular weight excluding hydrogens is 314 g/mol. The Morgan fingerprint density at radius 3 is 2.20 bits per heavy atom. The lowest BCUT2D eigenvalue weighted by Gasteiger charge is -2.20. The van der Waals surface area contributed by atoms with E-state index in [1.165, 1.54) is 0 Å². The van der Waals surface area contributed by atoms with Crippen LogP contribution < -0.4 is 21.3 Å². The van der Waals surface area contributed by atoms with Crippen molar-refractivity contribution in [3.63, 3.8) is 0 Å². The number of amides is 2. The third-order valence-electron chi connectivity index (χ3n) is 3.76. The molecule has 0 aliphatic carbocycles. The number of guanidine groups is 1. The van der Waals surface area contributed by atoms with Gasteiger partial charge in [0.15, 0.2) is 5.96 Å². The first-order chi connectivity index (χ1) is 11.8. The lowest BCUT2D eigenvalue weighted by molar-refractivity contribution is 0.250. The van der Waals surface area contributed by atoms with Gasteiger partial charge in [0.1, 0.15) is 0 Å². The van der Waals surface area contributed by atoms with Gasteiger partial charge in [0, 0.05) is 24.3 Å². The molecule has 0 aliphatic rings. The fourth-order valence-corrected chi connectivity index (χ4v) is 2.00. The summed E-state index contributed by atoms with van der Waals surface area (Å²) in [5, 5.41) is 12.3. The number of aliphatic imine (C=N–C) groups is 1. The SMILES string of the molecule is CCNC(=NCc1ccc(NC(=O)NC(C)C)cc1)NC(C)C(C)C. The molecule has 0 bridgehead atoms. The Bertz CT molecular complexity index is 551. The van der Waals surface area contributed by atoms with E-state index in [-0.39, 0.29) is 12.1 Å². The summed E-state index contributed by atoms with van der Waals surface area (Å²) in [5.41, 5.74) is 1.86. The van der Waals surface area contributed by atoms with Crippen LogP contribution in [0, 0.1) is 5.92 Å². The van der Waals surface area contributed by atoms with Crippen LogP contribution in [0.4, 0.5) is 10.5 Å². The van der Waals surface area contributed by atoms with Crippen molar-refractivity contribution >= 4 is 17.7 Å². The second kappa shape index (κ2) is 10.6.